The zero-order valence-electron chi connectivity index (χ0n) is 23.2. The Morgan fingerprint density at radius 3 is 2.34 bits per heavy atom. The number of nitrogens with zero attached hydrogens (tertiary/aromatic N) is 2. The number of rotatable bonds is 7. The largest absolute Gasteiger partial charge is 0.497 e. The molecule has 3 heterocycles. The van der Waals surface area contributed by atoms with E-state index in [9.17, 15) is 14.4 Å². The molecule has 41 heavy (non-hydrogen) atoms. The Labute approximate surface area is 239 Å². The molecule has 1 atom stereocenters. The summed E-state index contributed by atoms with van der Waals surface area (Å²) < 4.78 is 23.5. The van der Waals surface area contributed by atoms with Crippen molar-refractivity contribution in [1.82, 2.24) is 4.57 Å². The second kappa shape index (κ2) is 11.4. The van der Waals surface area contributed by atoms with Crippen molar-refractivity contribution >= 4 is 29.4 Å². The molecule has 4 aromatic rings. The first kappa shape index (κ1) is 27.9. The van der Waals surface area contributed by atoms with Crippen molar-refractivity contribution in [3.8, 4) is 17.1 Å². The number of hydrogen-bond donors (Lipinski definition) is 0. The fourth-order valence-corrected chi connectivity index (χ4v) is 5.59. The number of thiazole rings is 1. The van der Waals surface area contributed by atoms with Crippen LogP contribution in [0.2, 0.25) is 0 Å². The van der Waals surface area contributed by atoms with Gasteiger partial charge in [0.1, 0.15) is 17.3 Å². The molecule has 5 rings (SSSR count). The van der Waals surface area contributed by atoms with Crippen molar-refractivity contribution in [2.24, 2.45) is 4.99 Å². The monoisotopic (exact) mass is 572 g/mol. The zero-order chi connectivity index (χ0) is 29.3. The molecule has 0 N–H and O–H groups in total. The van der Waals surface area contributed by atoms with E-state index >= 15 is 0 Å². The summed E-state index contributed by atoms with van der Waals surface area (Å²) in [6, 6.07) is 16.9. The van der Waals surface area contributed by atoms with E-state index in [0.29, 0.717) is 43.4 Å². The normalized spacial score (nSPS) is 15.0. The summed E-state index contributed by atoms with van der Waals surface area (Å²) in [6.45, 7) is 5.29. The highest BCUT2D eigenvalue weighted by Crippen LogP contribution is 2.32. The number of carbonyl (C=O) groups is 2. The van der Waals surface area contributed by atoms with Crippen LogP contribution in [0.4, 0.5) is 0 Å². The molecule has 1 aliphatic heterocycles. The van der Waals surface area contributed by atoms with Gasteiger partial charge in [-0.3, -0.25) is 9.36 Å². The first-order valence-corrected chi connectivity index (χ1v) is 13.7. The van der Waals surface area contributed by atoms with Gasteiger partial charge in [0, 0.05) is 11.6 Å². The van der Waals surface area contributed by atoms with Crippen LogP contribution >= 0.6 is 11.3 Å². The van der Waals surface area contributed by atoms with Gasteiger partial charge >= 0.3 is 11.9 Å². The number of fused-ring (bicyclic) bond motifs is 1. The second-order valence-electron chi connectivity index (χ2n) is 9.58. The quantitative estimate of drug-likeness (QED) is 0.305. The van der Waals surface area contributed by atoms with E-state index in [0.717, 1.165) is 11.1 Å². The van der Waals surface area contributed by atoms with Crippen LogP contribution in [0.15, 0.2) is 86.1 Å². The lowest BCUT2D eigenvalue weighted by Crippen LogP contribution is -2.40. The molecule has 210 valence electrons. The maximum absolute atomic E-state index is 13.8. The average molecular weight is 573 g/mol. The van der Waals surface area contributed by atoms with Crippen LogP contribution in [-0.4, -0.2) is 36.8 Å². The molecule has 0 radical (unpaired) electrons. The van der Waals surface area contributed by atoms with Gasteiger partial charge in [-0.25, -0.2) is 14.6 Å². The van der Waals surface area contributed by atoms with Crippen LogP contribution in [0.3, 0.4) is 0 Å². The lowest BCUT2D eigenvalue weighted by Gasteiger charge is -2.25. The SMILES string of the molecule is COC(=O)c1ccc(-c2ccc(/C=c3\sc4n(c3=O)C(c3ccc(OC)cc3)C(C(=O)OC(C)C)=C(C)N=4)o2)cc1. The van der Waals surface area contributed by atoms with E-state index < -0.39 is 18.0 Å². The molecule has 0 bridgehead atoms. The molecule has 2 aromatic heterocycles. The summed E-state index contributed by atoms with van der Waals surface area (Å²) >= 11 is 1.21. The number of esters is 2. The molecule has 10 heteroatoms. The molecule has 0 saturated heterocycles. The van der Waals surface area contributed by atoms with Gasteiger partial charge < -0.3 is 18.6 Å². The molecule has 1 aliphatic rings. The predicted molar refractivity (Wildman–Crippen MR) is 153 cm³/mol. The molecule has 0 spiro atoms. The lowest BCUT2D eigenvalue weighted by molar-refractivity contribution is -0.143. The number of carbonyl (C=O) groups excluding carboxylic acids is 2. The van der Waals surface area contributed by atoms with Crippen molar-refractivity contribution in [3.05, 3.63) is 109 Å². The lowest BCUT2D eigenvalue weighted by atomic mass is 9.96. The minimum absolute atomic E-state index is 0.304. The molecule has 2 aromatic carbocycles. The number of hydrogen-bond acceptors (Lipinski definition) is 9. The van der Waals surface area contributed by atoms with Gasteiger partial charge in [-0.1, -0.05) is 35.6 Å². The Bertz CT molecular complexity index is 1820. The van der Waals surface area contributed by atoms with Crippen molar-refractivity contribution in [1.29, 1.82) is 0 Å². The Morgan fingerprint density at radius 1 is 1.00 bits per heavy atom. The number of furan rings is 1. The maximum Gasteiger partial charge on any atom is 0.338 e. The molecule has 1 unspecified atom stereocenters. The van der Waals surface area contributed by atoms with Crippen LogP contribution in [0.25, 0.3) is 17.4 Å². The van der Waals surface area contributed by atoms with Crippen molar-refractivity contribution in [2.75, 3.05) is 14.2 Å². The average Bonchev–Trinajstić information content (AvgIpc) is 3.55. The first-order valence-electron chi connectivity index (χ1n) is 12.9. The number of ether oxygens (including phenoxy) is 3. The summed E-state index contributed by atoms with van der Waals surface area (Å²) in [5.74, 6) is 0.757. The fraction of sp³-hybridized carbons (Fsp3) is 0.226. The Hall–Kier alpha value is -4.70. The molecule has 0 fully saturated rings. The third-order valence-corrected chi connectivity index (χ3v) is 7.49. The second-order valence-corrected chi connectivity index (χ2v) is 10.6. The molecular weight excluding hydrogens is 544 g/mol. The summed E-state index contributed by atoms with van der Waals surface area (Å²) in [5, 5.41) is 0. The van der Waals surface area contributed by atoms with Crippen LogP contribution in [0, 0.1) is 0 Å². The summed E-state index contributed by atoms with van der Waals surface area (Å²) in [7, 11) is 2.91. The highest BCUT2D eigenvalue weighted by molar-refractivity contribution is 7.07. The number of benzene rings is 2. The van der Waals surface area contributed by atoms with Crippen molar-refractivity contribution in [3.63, 3.8) is 0 Å². The van der Waals surface area contributed by atoms with Gasteiger partial charge in [-0.15, -0.1) is 0 Å². The smallest absolute Gasteiger partial charge is 0.338 e. The van der Waals surface area contributed by atoms with Crippen LogP contribution in [0.5, 0.6) is 5.75 Å². The number of aromatic nitrogens is 1. The van der Waals surface area contributed by atoms with E-state index in [4.69, 9.17) is 18.6 Å². The minimum Gasteiger partial charge on any atom is -0.497 e. The van der Waals surface area contributed by atoms with E-state index in [1.807, 2.05) is 12.1 Å². The van der Waals surface area contributed by atoms with Crippen LogP contribution in [-0.2, 0) is 14.3 Å². The van der Waals surface area contributed by atoms with E-state index in [2.05, 4.69) is 4.99 Å². The summed E-state index contributed by atoms with van der Waals surface area (Å²) in [6.07, 6.45) is 1.32. The summed E-state index contributed by atoms with van der Waals surface area (Å²) in [4.78, 5) is 43.9. The van der Waals surface area contributed by atoms with E-state index in [-0.39, 0.29) is 11.7 Å². The third kappa shape index (κ3) is 5.51. The molecule has 0 saturated carbocycles. The van der Waals surface area contributed by atoms with Gasteiger partial charge in [-0.2, -0.15) is 0 Å². The van der Waals surface area contributed by atoms with Gasteiger partial charge in [0.05, 0.1) is 47.7 Å². The molecular formula is C31H28N2O7S. The van der Waals surface area contributed by atoms with E-state index in [1.54, 1.807) is 82.5 Å². The maximum atomic E-state index is 13.8. The highest BCUT2D eigenvalue weighted by Gasteiger charge is 2.33. The van der Waals surface area contributed by atoms with Crippen LogP contribution in [0.1, 0.15) is 48.5 Å². The highest BCUT2D eigenvalue weighted by atomic mass is 32.1. The topological polar surface area (TPSA) is 109 Å². The molecule has 0 aliphatic carbocycles. The molecule has 0 amide bonds. The summed E-state index contributed by atoms with van der Waals surface area (Å²) in [5.41, 5.74) is 2.40. The third-order valence-electron chi connectivity index (χ3n) is 6.51. The van der Waals surface area contributed by atoms with E-state index in [1.165, 1.54) is 23.0 Å². The van der Waals surface area contributed by atoms with Crippen molar-refractivity contribution in [2.45, 2.75) is 32.9 Å². The molecule has 9 nitrogen and oxygen atoms in total. The zero-order valence-corrected chi connectivity index (χ0v) is 24.0. The first-order chi connectivity index (χ1) is 19.7. The Balaban J connectivity index is 1.57. The Kier molecular flexibility index (Phi) is 7.76. The number of methoxy groups -OCH3 is 2. The predicted octanol–water partition coefficient (Wildman–Crippen LogP) is 4.24. The number of allylic oxidation sites excluding steroid dienone is 1. The van der Waals surface area contributed by atoms with Crippen molar-refractivity contribution < 1.29 is 28.2 Å². The van der Waals surface area contributed by atoms with Gasteiger partial charge in [0.2, 0.25) is 0 Å². The fourth-order valence-electron chi connectivity index (χ4n) is 4.57. The van der Waals surface area contributed by atoms with Gasteiger partial charge in [0.15, 0.2) is 4.80 Å². The standard InChI is InChI=1S/C31H28N2O7S/c1-17(2)39-30(36)26-18(3)32-31-33(27(26)20-10-12-22(37-4)13-11-20)28(34)25(41-31)16-23-14-15-24(40-23)19-6-8-21(9-7-19)29(35)38-5/h6-17,27H,1-5H3/b25-16-. The van der Waals surface area contributed by atoms with Crippen LogP contribution < -0.4 is 19.6 Å². The Morgan fingerprint density at radius 2 is 1.71 bits per heavy atom. The minimum atomic E-state index is -0.731. The van der Waals surface area contributed by atoms with Gasteiger partial charge in [0.25, 0.3) is 5.56 Å². The van der Waals surface area contributed by atoms with Gasteiger partial charge in [-0.05, 0) is 62.7 Å².